The normalized spacial score (nSPS) is 12.4. The van der Waals surface area contributed by atoms with E-state index in [1.807, 2.05) is 30.3 Å². The number of hydrogen-bond donors (Lipinski definition) is 0. The molecule has 0 amide bonds. The van der Waals surface area contributed by atoms with Crippen LogP contribution in [0.3, 0.4) is 0 Å². The van der Waals surface area contributed by atoms with Gasteiger partial charge in [0.05, 0.1) is 0 Å². The molecule has 0 saturated heterocycles. The Morgan fingerprint density at radius 1 is 0.938 bits per heavy atom. The van der Waals surface area contributed by atoms with E-state index in [-0.39, 0.29) is 17.1 Å². The second-order valence-electron chi connectivity index (χ2n) is 3.46. The third kappa shape index (κ3) is 3.69. The van der Waals surface area contributed by atoms with Gasteiger partial charge in [-0.3, -0.25) is 0 Å². The first-order chi connectivity index (χ1) is 7.47. The van der Waals surface area contributed by atoms with Gasteiger partial charge < -0.3 is 30.3 Å². The third-order valence-corrected chi connectivity index (χ3v) is 2.36. The summed E-state index contributed by atoms with van der Waals surface area (Å²) in [5.74, 6) is 0. The molecule has 0 heterocycles. The molecule has 2 aromatic rings. The van der Waals surface area contributed by atoms with Crippen LogP contribution in [-0.2, 0) is 17.1 Å². The summed E-state index contributed by atoms with van der Waals surface area (Å²) >= 11 is 0. The smallest absolute Gasteiger partial charge is 0 e. The third-order valence-electron chi connectivity index (χ3n) is 2.36. The topological polar surface area (TPSA) is 0 Å². The number of rotatable bonds is 1. The van der Waals surface area contributed by atoms with Gasteiger partial charge in [-0.15, -0.1) is 35.4 Å². The van der Waals surface area contributed by atoms with E-state index in [4.69, 9.17) is 0 Å². The SMILES string of the molecule is C1=CCC([c-]2cccc2)=C1.[Fe].[cH-]1[cH-][cH-][cH-][cH-]1. The van der Waals surface area contributed by atoms with E-state index >= 15 is 0 Å². The van der Waals surface area contributed by atoms with Gasteiger partial charge >= 0.3 is 0 Å². The Kier molecular flexibility index (Phi) is 5.63. The van der Waals surface area contributed by atoms with E-state index in [1.54, 1.807) is 0 Å². The van der Waals surface area contributed by atoms with Crippen molar-refractivity contribution in [3.05, 3.63) is 78.4 Å². The predicted octanol–water partition coefficient (Wildman–Crippen LogP) is 4.15. The summed E-state index contributed by atoms with van der Waals surface area (Å²) in [6.45, 7) is 0. The molecule has 16 heavy (non-hydrogen) atoms. The molecule has 1 aliphatic rings. The van der Waals surface area contributed by atoms with Crippen LogP contribution in [0.2, 0.25) is 0 Å². The minimum atomic E-state index is 0. The van der Waals surface area contributed by atoms with Gasteiger partial charge in [-0.1, -0.05) is 6.08 Å². The minimum absolute atomic E-state index is 0. The molecule has 0 nitrogen and oxygen atoms in total. The Bertz CT molecular complexity index is 399. The molecule has 1 heteroatoms. The molecule has 0 fully saturated rings. The molecule has 0 radical (unpaired) electrons. The van der Waals surface area contributed by atoms with Crippen molar-refractivity contribution in [3.63, 3.8) is 0 Å². The predicted molar refractivity (Wildman–Crippen MR) is 65.8 cm³/mol. The average Bonchev–Trinajstić information content (AvgIpc) is 3.06. The van der Waals surface area contributed by atoms with Crippen LogP contribution in [0, 0.1) is 0 Å². The van der Waals surface area contributed by atoms with Gasteiger partial charge in [-0.2, -0.15) is 12.1 Å². The molecule has 0 N–H and O–H groups in total. The van der Waals surface area contributed by atoms with Crippen LogP contribution in [0.5, 0.6) is 0 Å². The van der Waals surface area contributed by atoms with Crippen molar-refractivity contribution in [2.75, 3.05) is 0 Å². The zero-order valence-electron chi connectivity index (χ0n) is 8.99. The molecule has 0 unspecified atom stereocenters. The molecule has 0 spiro atoms. The van der Waals surface area contributed by atoms with Gasteiger partial charge in [0.15, 0.2) is 0 Å². The maximum absolute atomic E-state index is 2.18. The van der Waals surface area contributed by atoms with Crippen LogP contribution in [0.15, 0.2) is 72.8 Å². The van der Waals surface area contributed by atoms with Gasteiger partial charge in [0, 0.05) is 17.1 Å². The van der Waals surface area contributed by atoms with Gasteiger partial charge in [-0.25, -0.2) is 0 Å². The number of allylic oxidation sites excluding steroid dienone is 4. The van der Waals surface area contributed by atoms with Crippen LogP contribution >= 0.6 is 0 Å². The zero-order valence-corrected chi connectivity index (χ0v) is 10.1. The molecule has 1 aliphatic carbocycles. The van der Waals surface area contributed by atoms with Crippen molar-refractivity contribution in [1.29, 1.82) is 0 Å². The summed E-state index contributed by atoms with van der Waals surface area (Å²) in [5.41, 5.74) is 2.80. The Labute approximate surface area is 108 Å². The summed E-state index contributed by atoms with van der Waals surface area (Å²) in [6.07, 6.45) is 7.57. The Morgan fingerprint density at radius 3 is 1.94 bits per heavy atom. The molecule has 0 bridgehead atoms. The maximum atomic E-state index is 2.18. The van der Waals surface area contributed by atoms with E-state index in [0.717, 1.165) is 6.42 Å². The molecule has 0 aliphatic heterocycles. The molecular weight excluding hydrogens is 236 g/mol. The van der Waals surface area contributed by atoms with E-state index in [2.05, 4.69) is 42.5 Å². The van der Waals surface area contributed by atoms with Crippen molar-refractivity contribution in [3.8, 4) is 0 Å². The molecular formula is C15H14Fe-6. The summed E-state index contributed by atoms with van der Waals surface area (Å²) in [7, 11) is 0. The van der Waals surface area contributed by atoms with Gasteiger partial charge in [0.1, 0.15) is 0 Å². The molecule has 0 atom stereocenters. The standard InChI is InChI=1S/C10H9.C5H5.Fe/c1-2-6-9(5-1)10-7-3-4-8-10;1-2-4-5-3-1;/h1-7H,8H2;1-5H;/q-1;-5;. The molecule has 0 aromatic heterocycles. The first-order valence-corrected chi connectivity index (χ1v) is 5.21. The van der Waals surface area contributed by atoms with Crippen LogP contribution in [0.25, 0.3) is 5.57 Å². The van der Waals surface area contributed by atoms with Crippen LogP contribution in [0.1, 0.15) is 12.0 Å². The van der Waals surface area contributed by atoms with Gasteiger partial charge in [0.2, 0.25) is 0 Å². The maximum Gasteiger partial charge on any atom is 0 e. The quantitative estimate of drug-likeness (QED) is 0.526. The summed E-state index contributed by atoms with van der Waals surface area (Å²) in [6, 6.07) is 18.5. The summed E-state index contributed by atoms with van der Waals surface area (Å²) in [4.78, 5) is 0. The van der Waals surface area contributed by atoms with Crippen LogP contribution < -0.4 is 0 Å². The van der Waals surface area contributed by atoms with Crippen molar-refractivity contribution in [2.24, 2.45) is 0 Å². The second kappa shape index (κ2) is 7.05. The van der Waals surface area contributed by atoms with Gasteiger partial charge in [0.25, 0.3) is 0 Å². The number of hydrogen-bond acceptors (Lipinski definition) is 0. The Morgan fingerprint density at radius 2 is 1.50 bits per heavy atom. The van der Waals surface area contributed by atoms with Crippen molar-refractivity contribution in [1.82, 2.24) is 0 Å². The molecule has 2 aromatic carbocycles. The zero-order chi connectivity index (χ0) is 10.3. The van der Waals surface area contributed by atoms with E-state index in [9.17, 15) is 0 Å². The average molecular weight is 250 g/mol. The van der Waals surface area contributed by atoms with Gasteiger partial charge in [-0.05, 0) is 6.42 Å². The Hall–Kier alpha value is -1.30. The van der Waals surface area contributed by atoms with Crippen LogP contribution in [-0.4, -0.2) is 0 Å². The van der Waals surface area contributed by atoms with Crippen molar-refractivity contribution >= 4 is 5.57 Å². The fourth-order valence-corrected chi connectivity index (χ4v) is 1.57. The van der Waals surface area contributed by atoms with E-state index < -0.39 is 0 Å². The summed E-state index contributed by atoms with van der Waals surface area (Å²) in [5, 5.41) is 0. The molecule has 3 rings (SSSR count). The molecule has 0 saturated carbocycles. The van der Waals surface area contributed by atoms with Crippen molar-refractivity contribution < 1.29 is 17.1 Å². The first kappa shape index (κ1) is 12.8. The fraction of sp³-hybridized carbons (Fsp3) is 0.0667. The van der Waals surface area contributed by atoms with Crippen LogP contribution in [0.4, 0.5) is 0 Å². The Balaban J connectivity index is 0.000000183. The molecule has 88 valence electrons. The second-order valence-corrected chi connectivity index (χ2v) is 3.46. The monoisotopic (exact) mass is 250 g/mol. The summed E-state index contributed by atoms with van der Waals surface area (Å²) < 4.78 is 0. The fourth-order valence-electron chi connectivity index (χ4n) is 1.57. The van der Waals surface area contributed by atoms with E-state index in [1.165, 1.54) is 11.1 Å². The first-order valence-electron chi connectivity index (χ1n) is 5.21. The van der Waals surface area contributed by atoms with E-state index in [0.29, 0.717) is 0 Å². The van der Waals surface area contributed by atoms with Crippen molar-refractivity contribution in [2.45, 2.75) is 6.42 Å². The minimum Gasteiger partial charge on any atom is -0.748 e. The largest absolute Gasteiger partial charge is 0.748 e.